The molecule has 0 spiro atoms. The Bertz CT molecular complexity index is 635. The Morgan fingerprint density at radius 1 is 1.08 bits per heavy atom. The molecule has 2 unspecified atom stereocenters. The van der Waals surface area contributed by atoms with Crippen LogP contribution in [-0.2, 0) is 10.3 Å². The van der Waals surface area contributed by atoms with Crippen molar-refractivity contribution in [2.24, 2.45) is 11.8 Å². The fraction of sp³-hybridized carbons (Fsp3) is 0.850. The third kappa shape index (κ3) is 2.96. The molecule has 0 radical (unpaired) electrons. The highest BCUT2D eigenvalue weighted by atomic mass is 16.2. The molecule has 1 aliphatic heterocycles. The predicted octanol–water partition coefficient (Wildman–Crippen LogP) is 2.32. The van der Waals surface area contributed by atoms with Gasteiger partial charge in [-0.25, -0.2) is 9.67 Å². The Morgan fingerprint density at radius 2 is 1.81 bits per heavy atom. The summed E-state index contributed by atoms with van der Waals surface area (Å²) in [6.45, 7) is 2.73. The van der Waals surface area contributed by atoms with E-state index >= 15 is 0 Å². The molecule has 1 N–H and O–H groups in total. The lowest BCUT2D eigenvalue weighted by atomic mass is 9.50. The van der Waals surface area contributed by atoms with E-state index in [1.165, 1.54) is 44.9 Å². The van der Waals surface area contributed by atoms with E-state index in [1.807, 2.05) is 6.33 Å². The molecule has 4 saturated carbocycles. The van der Waals surface area contributed by atoms with E-state index in [0.29, 0.717) is 6.54 Å². The highest BCUT2D eigenvalue weighted by Crippen LogP contribution is 2.60. The first kappa shape index (κ1) is 16.7. The lowest BCUT2D eigenvalue weighted by Gasteiger charge is -2.61. The molecule has 6 nitrogen and oxygen atoms in total. The Labute approximate surface area is 155 Å². The van der Waals surface area contributed by atoms with E-state index in [9.17, 15) is 4.79 Å². The number of carbonyl (C=O) groups is 1. The third-order valence-electron chi connectivity index (χ3n) is 7.41. The monoisotopic (exact) mass is 357 g/mol. The second kappa shape index (κ2) is 6.32. The van der Waals surface area contributed by atoms with Crippen LogP contribution in [0.2, 0.25) is 0 Å². The van der Waals surface area contributed by atoms with Gasteiger partial charge in [-0.1, -0.05) is 12.8 Å². The average Bonchev–Trinajstić information content (AvgIpc) is 3.01. The molecule has 6 heteroatoms. The predicted molar refractivity (Wildman–Crippen MR) is 98.5 cm³/mol. The number of amides is 1. The van der Waals surface area contributed by atoms with Crippen molar-refractivity contribution in [3.8, 4) is 0 Å². The van der Waals surface area contributed by atoms with Gasteiger partial charge in [-0.2, -0.15) is 5.10 Å². The van der Waals surface area contributed by atoms with Crippen LogP contribution < -0.4 is 5.32 Å². The van der Waals surface area contributed by atoms with Crippen LogP contribution in [0.5, 0.6) is 0 Å². The number of hydrogen-bond acceptors (Lipinski definition) is 4. The van der Waals surface area contributed by atoms with Crippen LogP contribution in [0.25, 0.3) is 0 Å². The minimum absolute atomic E-state index is 0.0149. The van der Waals surface area contributed by atoms with Gasteiger partial charge in [0.15, 0.2) is 0 Å². The van der Waals surface area contributed by atoms with E-state index in [2.05, 4.69) is 25.0 Å². The number of nitrogens with one attached hydrogen (secondary N) is 1. The molecule has 5 aliphatic rings. The maximum atomic E-state index is 12.9. The zero-order valence-corrected chi connectivity index (χ0v) is 15.7. The van der Waals surface area contributed by atoms with E-state index in [0.717, 1.165) is 44.2 Å². The normalized spacial score (nSPS) is 39.7. The molecule has 26 heavy (non-hydrogen) atoms. The molecule has 1 aromatic heterocycles. The number of rotatable bonds is 4. The zero-order valence-electron chi connectivity index (χ0n) is 15.7. The molecule has 142 valence electrons. The minimum Gasteiger partial charge on any atom is -0.349 e. The first-order valence-electron chi connectivity index (χ1n) is 10.5. The van der Waals surface area contributed by atoms with Gasteiger partial charge in [0.1, 0.15) is 12.7 Å². The molecule has 6 rings (SSSR count). The lowest BCUT2D eigenvalue weighted by Crippen LogP contribution is -2.66. The van der Waals surface area contributed by atoms with Gasteiger partial charge in [0.25, 0.3) is 0 Å². The summed E-state index contributed by atoms with van der Waals surface area (Å²) >= 11 is 0. The number of aromatic nitrogens is 3. The van der Waals surface area contributed by atoms with Gasteiger partial charge in [-0.05, 0) is 76.3 Å². The van der Waals surface area contributed by atoms with E-state index < -0.39 is 0 Å². The SMILES string of the molecule is O=C(CN1CCCCCC1)NC12CC3CC(C1)CC(n1cncn1)(C3)C2. The minimum atomic E-state index is -0.0149. The molecule has 0 aromatic carbocycles. The molecule has 1 amide bonds. The van der Waals surface area contributed by atoms with Crippen molar-refractivity contribution in [3.05, 3.63) is 12.7 Å². The molecule has 4 bridgehead atoms. The van der Waals surface area contributed by atoms with Crippen molar-refractivity contribution in [1.29, 1.82) is 0 Å². The van der Waals surface area contributed by atoms with Crippen molar-refractivity contribution in [1.82, 2.24) is 25.0 Å². The van der Waals surface area contributed by atoms with Gasteiger partial charge in [-0.15, -0.1) is 0 Å². The molecule has 1 aromatic rings. The van der Waals surface area contributed by atoms with Crippen molar-refractivity contribution < 1.29 is 4.79 Å². The van der Waals surface area contributed by atoms with Crippen LogP contribution in [0.1, 0.15) is 64.2 Å². The number of hydrogen-bond donors (Lipinski definition) is 1. The fourth-order valence-corrected chi connectivity index (χ4v) is 6.91. The molecule has 4 aliphatic carbocycles. The molecular weight excluding hydrogens is 326 g/mol. The molecule has 2 heterocycles. The first-order chi connectivity index (χ1) is 12.6. The number of carbonyl (C=O) groups excluding carboxylic acids is 1. The summed E-state index contributed by atoms with van der Waals surface area (Å²) in [5, 5.41) is 8.04. The second-order valence-corrected chi connectivity index (χ2v) is 9.54. The van der Waals surface area contributed by atoms with E-state index in [4.69, 9.17) is 0 Å². The Balaban J connectivity index is 1.31. The zero-order chi connectivity index (χ0) is 17.6. The molecule has 2 atom stereocenters. The highest BCUT2D eigenvalue weighted by molar-refractivity contribution is 5.79. The number of likely N-dealkylation sites (tertiary alicyclic amines) is 1. The highest BCUT2D eigenvalue weighted by Gasteiger charge is 2.59. The van der Waals surface area contributed by atoms with Crippen LogP contribution >= 0.6 is 0 Å². The van der Waals surface area contributed by atoms with Crippen LogP contribution in [0.4, 0.5) is 0 Å². The summed E-state index contributed by atoms with van der Waals surface area (Å²) in [7, 11) is 0. The van der Waals surface area contributed by atoms with Gasteiger partial charge in [0.2, 0.25) is 5.91 Å². The summed E-state index contributed by atoms with van der Waals surface area (Å²) in [5.41, 5.74) is 0.0649. The largest absolute Gasteiger partial charge is 0.349 e. The molecule has 1 saturated heterocycles. The summed E-state index contributed by atoms with van der Waals surface area (Å²) in [4.78, 5) is 19.5. The summed E-state index contributed by atoms with van der Waals surface area (Å²) in [5.74, 6) is 1.68. The first-order valence-corrected chi connectivity index (χ1v) is 10.5. The van der Waals surface area contributed by atoms with Crippen LogP contribution in [-0.4, -0.2) is 50.7 Å². The van der Waals surface area contributed by atoms with Crippen LogP contribution in [0.15, 0.2) is 12.7 Å². The second-order valence-electron chi connectivity index (χ2n) is 9.54. The Kier molecular flexibility index (Phi) is 4.07. The maximum Gasteiger partial charge on any atom is 0.234 e. The van der Waals surface area contributed by atoms with Gasteiger partial charge in [0, 0.05) is 5.54 Å². The topological polar surface area (TPSA) is 63.1 Å². The van der Waals surface area contributed by atoms with Gasteiger partial charge < -0.3 is 5.32 Å². The fourth-order valence-electron chi connectivity index (χ4n) is 6.91. The maximum absolute atomic E-state index is 12.9. The van der Waals surface area contributed by atoms with Gasteiger partial charge in [0.05, 0.1) is 12.1 Å². The van der Waals surface area contributed by atoms with E-state index in [-0.39, 0.29) is 17.0 Å². The summed E-state index contributed by atoms with van der Waals surface area (Å²) < 4.78 is 2.11. The van der Waals surface area contributed by atoms with E-state index in [1.54, 1.807) is 6.33 Å². The third-order valence-corrected chi connectivity index (χ3v) is 7.41. The van der Waals surface area contributed by atoms with Crippen molar-refractivity contribution in [2.45, 2.75) is 75.3 Å². The van der Waals surface area contributed by atoms with Gasteiger partial charge in [-0.3, -0.25) is 9.69 Å². The Morgan fingerprint density at radius 3 is 2.46 bits per heavy atom. The van der Waals surface area contributed by atoms with Crippen molar-refractivity contribution >= 4 is 5.91 Å². The summed E-state index contributed by atoms with van der Waals surface area (Å²) in [6.07, 6.45) is 15.7. The molecule has 5 fully saturated rings. The number of nitrogens with zero attached hydrogens (tertiary/aromatic N) is 4. The van der Waals surface area contributed by atoms with Gasteiger partial charge >= 0.3 is 0 Å². The lowest BCUT2D eigenvalue weighted by molar-refractivity contribution is -0.131. The molecular formula is C20H31N5O. The van der Waals surface area contributed by atoms with Crippen molar-refractivity contribution in [3.63, 3.8) is 0 Å². The summed E-state index contributed by atoms with van der Waals surface area (Å²) in [6, 6.07) is 0. The van der Waals surface area contributed by atoms with Crippen LogP contribution in [0.3, 0.4) is 0 Å². The standard InChI is InChI=1S/C20H31N5O/c26-18(12-24-5-3-1-2-4-6-24)23-19-8-16-7-17(9-19)11-20(10-16,13-19)25-15-21-14-22-25/h14-17H,1-13H2,(H,23,26). The average molecular weight is 358 g/mol. The Hall–Kier alpha value is -1.43. The van der Waals surface area contributed by atoms with Crippen LogP contribution in [0, 0.1) is 11.8 Å². The quantitative estimate of drug-likeness (QED) is 0.898. The van der Waals surface area contributed by atoms with Crippen molar-refractivity contribution in [2.75, 3.05) is 19.6 Å². The smallest absolute Gasteiger partial charge is 0.234 e.